The largest absolute Gasteiger partial charge is 0.326 e. The third-order valence-corrected chi connectivity index (χ3v) is 3.66. The number of anilines is 1. The van der Waals surface area contributed by atoms with Crippen molar-refractivity contribution in [2.24, 2.45) is 11.8 Å². The number of amides is 1. The molecule has 0 aliphatic carbocycles. The summed E-state index contributed by atoms with van der Waals surface area (Å²) in [7, 11) is -4.25. The number of nitrogens with one attached hydrogen (secondary N) is 1. The second-order valence-corrected chi connectivity index (χ2v) is 5.95. The topological polar surface area (TPSA) is 83.5 Å². The molecule has 0 radical (unpaired) electrons. The molecule has 1 unspecified atom stereocenters. The van der Waals surface area contributed by atoms with Crippen molar-refractivity contribution in [2.75, 3.05) is 5.32 Å². The van der Waals surface area contributed by atoms with Gasteiger partial charge in [0.05, 0.1) is 4.90 Å². The highest BCUT2D eigenvalue weighted by atomic mass is 32.2. The van der Waals surface area contributed by atoms with E-state index in [0.717, 1.165) is 0 Å². The molecule has 0 saturated carbocycles. The zero-order chi connectivity index (χ0) is 13.9. The van der Waals surface area contributed by atoms with Crippen molar-refractivity contribution in [2.45, 2.75) is 25.7 Å². The molecule has 2 N–H and O–H groups in total. The molecule has 0 bridgehead atoms. The number of hydrogen-bond acceptors (Lipinski definition) is 3. The standard InChI is InChI=1S/C12H17NO4S/c1-8(2)9(3)12(14)13-10-5-4-6-11(7-10)18(15,16)17/h4-9H,1-3H3,(H,13,14)(H,15,16,17). The van der Waals surface area contributed by atoms with Crippen molar-refractivity contribution in [1.82, 2.24) is 0 Å². The van der Waals surface area contributed by atoms with E-state index in [1.807, 2.05) is 13.8 Å². The lowest BCUT2D eigenvalue weighted by Crippen LogP contribution is -2.24. The number of carbonyl (C=O) groups is 1. The lowest BCUT2D eigenvalue weighted by atomic mass is 9.97. The van der Waals surface area contributed by atoms with Gasteiger partial charge >= 0.3 is 0 Å². The Kier molecular flexibility index (Phi) is 4.48. The van der Waals surface area contributed by atoms with Crippen LogP contribution in [0.2, 0.25) is 0 Å². The molecule has 0 aliphatic rings. The molecule has 100 valence electrons. The number of hydrogen-bond donors (Lipinski definition) is 2. The molecule has 0 heterocycles. The molecule has 1 amide bonds. The Balaban J connectivity index is 2.90. The first-order valence-corrected chi connectivity index (χ1v) is 7.04. The average Bonchev–Trinajstić information content (AvgIpc) is 2.27. The minimum absolute atomic E-state index is 0.181. The maximum absolute atomic E-state index is 11.8. The van der Waals surface area contributed by atoms with Crippen LogP contribution in [0.1, 0.15) is 20.8 Å². The van der Waals surface area contributed by atoms with Gasteiger partial charge in [0.15, 0.2) is 0 Å². The van der Waals surface area contributed by atoms with Crippen molar-refractivity contribution in [3.05, 3.63) is 24.3 Å². The van der Waals surface area contributed by atoms with Gasteiger partial charge in [0, 0.05) is 11.6 Å². The summed E-state index contributed by atoms with van der Waals surface area (Å²) in [4.78, 5) is 11.6. The van der Waals surface area contributed by atoms with E-state index in [1.54, 1.807) is 13.0 Å². The fraction of sp³-hybridized carbons (Fsp3) is 0.417. The van der Waals surface area contributed by atoms with Gasteiger partial charge in [-0.3, -0.25) is 9.35 Å². The van der Waals surface area contributed by atoms with E-state index >= 15 is 0 Å². The highest BCUT2D eigenvalue weighted by molar-refractivity contribution is 7.85. The minimum Gasteiger partial charge on any atom is -0.326 e. The van der Waals surface area contributed by atoms with Crippen LogP contribution in [0.15, 0.2) is 29.2 Å². The molecule has 1 aromatic rings. The van der Waals surface area contributed by atoms with E-state index < -0.39 is 10.1 Å². The summed E-state index contributed by atoms with van der Waals surface area (Å²) < 4.78 is 30.8. The van der Waals surface area contributed by atoms with Crippen molar-refractivity contribution in [1.29, 1.82) is 0 Å². The van der Waals surface area contributed by atoms with Crippen LogP contribution in [0.4, 0.5) is 5.69 Å². The molecule has 1 rings (SSSR count). The van der Waals surface area contributed by atoms with Gasteiger partial charge in [0.2, 0.25) is 5.91 Å². The minimum atomic E-state index is -4.25. The summed E-state index contributed by atoms with van der Waals surface area (Å²) in [5.41, 5.74) is 0.350. The Hall–Kier alpha value is -1.40. The highest BCUT2D eigenvalue weighted by Gasteiger charge is 2.17. The van der Waals surface area contributed by atoms with Gasteiger partial charge in [-0.1, -0.05) is 26.8 Å². The molecule has 0 saturated heterocycles. The zero-order valence-electron chi connectivity index (χ0n) is 10.5. The molecule has 6 heteroatoms. The summed E-state index contributed by atoms with van der Waals surface area (Å²) >= 11 is 0. The number of rotatable bonds is 4. The van der Waals surface area contributed by atoms with Gasteiger partial charge in [0.25, 0.3) is 10.1 Å². The molecule has 1 aromatic carbocycles. The summed E-state index contributed by atoms with van der Waals surface area (Å²) in [6.45, 7) is 5.66. The Labute approximate surface area is 107 Å². The molecule has 5 nitrogen and oxygen atoms in total. The van der Waals surface area contributed by atoms with E-state index in [1.165, 1.54) is 18.2 Å². The van der Waals surface area contributed by atoms with E-state index in [9.17, 15) is 13.2 Å². The quantitative estimate of drug-likeness (QED) is 0.822. The second kappa shape index (κ2) is 5.49. The summed E-state index contributed by atoms with van der Waals surface area (Å²) in [5, 5.41) is 2.62. The lowest BCUT2D eigenvalue weighted by Gasteiger charge is -2.15. The Morgan fingerprint density at radius 1 is 1.28 bits per heavy atom. The van der Waals surface area contributed by atoms with Crippen molar-refractivity contribution >= 4 is 21.7 Å². The first kappa shape index (κ1) is 14.7. The smallest absolute Gasteiger partial charge is 0.294 e. The maximum atomic E-state index is 11.8. The maximum Gasteiger partial charge on any atom is 0.294 e. The fourth-order valence-electron chi connectivity index (χ4n) is 1.29. The van der Waals surface area contributed by atoms with Crippen LogP contribution >= 0.6 is 0 Å². The summed E-state index contributed by atoms with van der Waals surface area (Å²) in [5.74, 6) is -0.174. The highest BCUT2D eigenvalue weighted by Crippen LogP contribution is 2.17. The molecule has 0 aromatic heterocycles. The van der Waals surface area contributed by atoms with Gasteiger partial charge in [-0.15, -0.1) is 0 Å². The van der Waals surface area contributed by atoms with Gasteiger partial charge < -0.3 is 5.32 Å². The molecule has 0 spiro atoms. The summed E-state index contributed by atoms with van der Waals surface area (Å²) in [6, 6.07) is 5.51. The molecule has 1 atom stereocenters. The lowest BCUT2D eigenvalue weighted by molar-refractivity contribution is -0.120. The first-order chi connectivity index (χ1) is 8.21. The monoisotopic (exact) mass is 271 g/mol. The Bertz CT molecular complexity index is 537. The van der Waals surface area contributed by atoms with Gasteiger partial charge in [-0.25, -0.2) is 0 Å². The number of benzene rings is 1. The predicted molar refractivity (Wildman–Crippen MR) is 68.9 cm³/mol. The van der Waals surface area contributed by atoms with E-state index in [0.29, 0.717) is 5.69 Å². The van der Waals surface area contributed by atoms with Crippen molar-refractivity contribution in [3.63, 3.8) is 0 Å². The SMILES string of the molecule is CC(C)C(C)C(=O)Nc1cccc(S(=O)(=O)O)c1. The van der Waals surface area contributed by atoms with Gasteiger partial charge in [0.1, 0.15) is 0 Å². The first-order valence-electron chi connectivity index (χ1n) is 5.60. The second-order valence-electron chi connectivity index (χ2n) is 4.52. The van der Waals surface area contributed by atoms with E-state index in [4.69, 9.17) is 4.55 Å². The molecule has 0 aliphatic heterocycles. The molecular weight excluding hydrogens is 254 g/mol. The van der Waals surface area contributed by atoms with Crippen LogP contribution in [0.25, 0.3) is 0 Å². The Morgan fingerprint density at radius 2 is 1.89 bits per heavy atom. The van der Waals surface area contributed by atoms with Crippen LogP contribution in [0.3, 0.4) is 0 Å². The van der Waals surface area contributed by atoms with Crippen LogP contribution in [0, 0.1) is 11.8 Å². The van der Waals surface area contributed by atoms with Crippen LogP contribution in [-0.2, 0) is 14.9 Å². The van der Waals surface area contributed by atoms with Gasteiger partial charge in [-0.2, -0.15) is 8.42 Å². The van der Waals surface area contributed by atoms with Gasteiger partial charge in [-0.05, 0) is 24.1 Å². The van der Waals surface area contributed by atoms with E-state index in [-0.39, 0.29) is 22.6 Å². The third kappa shape index (κ3) is 3.82. The van der Waals surface area contributed by atoms with Crippen LogP contribution < -0.4 is 5.32 Å². The van der Waals surface area contributed by atoms with Crippen LogP contribution in [0.5, 0.6) is 0 Å². The summed E-state index contributed by atoms with van der Waals surface area (Å²) in [6.07, 6.45) is 0. The van der Waals surface area contributed by atoms with E-state index in [2.05, 4.69) is 5.32 Å². The average molecular weight is 271 g/mol. The molecular formula is C12H17NO4S. The third-order valence-electron chi connectivity index (χ3n) is 2.81. The molecule has 0 fully saturated rings. The zero-order valence-corrected chi connectivity index (χ0v) is 11.4. The number of carbonyl (C=O) groups excluding carboxylic acids is 1. The van der Waals surface area contributed by atoms with Crippen molar-refractivity contribution in [3.8, 4) is 0 Å². The Morgan fingerprint density at radius 3 is 2.39 bits per heavy atom. The predicted octanol–water partition coefficient (Wildman–Crippen LogP) is 2.16. The fourth-order valence-corrected chi connectivity index (χ4v) is 1.82. The molecule has 18 heavy (non-hydrogen) atoms. The van der Waals surface area contributed by atoms with Crippen molar-refractivity contribution < 1.29 is 17.8 Å². The van der Waals surface area contributed by atoms with Crippen LogP contribution in [-0.4, -0.2) is 18.9 Å². The normalized spacial score (nSPS) is 13.4.